The molecule has 0 spiro atoms. The smallest absolute Gasteiger partial charge is 0.314 e. The second kappa shape index (κ2) is 5.66. The van der Waals surface area contributed by atoms with Gasteiger partial charge in [0.2, 0.25) is 5.89 Å². The van der Waals surface area contributed by atoms with Gasteiger partial charge < -0.3 is 9.52 Å². The molecule has 1 heterocycles. The van der Waals surface area contributed by atoms with Crippen molar-refractivity contribution >= 4 is 17.7 Å². The number of benzene rings is 1. The van der Waals surface area contributed by atoms with E-state index in [1.807, 2.05) is 12.1 Å². The third-order valence-corrected chi connectivity index (χ3v) is 4.21. The molecular formula is C14H14N2O3S. The molecule has 5 nitrogen and oxygen atoms in total. The van der Waals surface area contributed by atoms with E-state index in [9.17, 15) is 4.79 Å². The van der Waals surface area contributed by atoms with Crippen LogP contribution in [-0.2, 0) is 11.2 Å². The number of nitrogens with zero attached hydrogens (tertiary/aromatic N) is 2. The number of carboxylic acid groups (broad SMARTS) is 1. The average molecular weight is 290 g/mol. The molecule has 104 valence electrons. The minimum Gasteiger partial charge on any atom is -0.481 e. The topological polar surface area (TPSA) is 76.2 Å². The summed E-state index contributed by atoms with van der Waals surface area (Å²) in [5.41, 5.74) is 2.58. The Kier molecular flexibility index (Phi) is 3.73. The summed E-state index contributed by atoms with van der Waals surface area (Å²) in [5, 5.41) is 17.0. The normalized spacial score (nSPS) is 17.7. The largest absolute Gasteiger partial charge is 0.481 e. The Hall–Kier alpha value is -1.82. The Balaban J connectivity index is 1.82. The molecule has 3 rings (SSSR count). The van der Waals surface area contributed by atoms with Gasteiger partial charge in [0.1, 0.15) is 5.75 Å². The van der Waals surface area contributed by atoms with Crippen molar-refractivity contribution in [1.29, 1.82) is 0 Å². The van der Waals surface area contributed by atoms with Crippen LogP contribution in [0.1, 0.15) is 35.8 Å². The van der Waals surface area contributed by atoms with E-state index in [0.717, 1.165) is 31.0 Å². The van der Waals surface area contributed by atoms with Crippen LogP contribution in [-0.4, -0.2) is 27.0 Å². The van der Waals surface area contributed by atoms with Gasteiger partial charge in [0.05, 0.1) is 5.92 Å². The van der Waals surface area contributed by atoms with Crippen molar-refractivity contribution < 1.29 is 14.3 Å². The lowest BCUT2D eigenvalue weighted by Crippen LogP contribution is -2.11. The van der Waals surface area contributed by atoms with Gasteiger partial charge in [-0.05, 0) is 30.4 Å². The van der Waals surface area contributed by atoms with Crippen molar-refractivity contribution in [3.05, 3.63) is 41.3 Å². The van der Waals surface area contributed by atoms with Crippen molar-refractivity contribution in [2.75, 3.05) is 5.75 Å². The van der Waals surface area contributed by atoms with Crippen molar-refractivity contribution in [3.63, 3.8) is 0 Å². The lowest BCUT2D eigenvalue weighted by atomic mass is 9.83. The van der Waals surface area contributed by atoms with E-state index >= 15 is 0 Å². The van der Waals surface area contributed by atoms with Crippen LogP contribution in [0.15, 0.2) is 33.9 Å². The number of hydrogen-bond acceptors (Lipinski definition) is 5. The maximum absolute atomic E-state index is 10.5. The summed E-state index contributed by atoms with van der Waals surface area (Å²) in [7, 11) is 0. The van der Waals surface area contributed by atoms with E-state index in [0.29, 0.717) is 11.1 Å². The number of thioether (sulfide) groups is 1. The third kappa shape index (κ3) is 2.70. The summed E-state index contributed by atoms with van der Waals surface area (Å²) in [5.74, 6) is -0.238. The van der Waals surface area contributed by atoms with Crippen LogP contribution >= 0.6 is 11.8 Å². The molecule has 1 atom stereocenters. The van der Waals surface area contributed by atoms with Crippen LogP contribution < -0.4 is 0 Å². The first-order valence-electron chi connectivity index (χ1n) is 6.50. The lowest BCUT2D eigenvalue weighted by Gasteiger charge is -2.22. The zero-order chi connectivity index (χ0) is 13.9. The van der Waals surface area contributed by atoms with Gasteiger partial charge in [-0.1, -0.05) is 36.0 Å². The summed E-state index contributed by atoms with van der Waals surface area (Å²) in [6.45, 7) is 0. The van der Waals surface area contributed by atoms with Gasteiger partial charge in [-0.15, -0.1) is 10.2 Å². The van der Waals surface area contributed by atoms with Crippen molar-refractivity contribution in [1.82, 2.24) is 10.2 Å². The molecule has 1 aromatic carbocycles. The molecule has 6 heteroatoms. The molecule has 0 saturated carbocycles. The first-order valence-corrected chi connectivity index (χ1v) is 7.48. The minimum atomic E-state index is -0.891. The zero-order valence-electron chi connectivity index (χ0n) is 10.8. The second-order valence-corrected chi connectivity index (χ2v) is 5.66. The highest BCUT2D eigenvalue weighted by Crippen LogP contribution is 2.36. The molecule has 0 amide bonds. The molecule has 0 saturated heterocycles. The van der Waals surface area contributed by atoms with Crippen LogP contribution in [0, 0.1) is 0 Å². The Morgan fingerprint density at radius 1 is 1.40 bits per heavy atom. The Morgan fingerprint density at radius 2 is 2.25 bits per heavy atom. The summed E-state index contributed by atoms with van der Waals surface area (Å²) in [6.07, 6.45) is 3.17. The highest BCUT2D eigenvalue weighted by molar-refractivity contribution is 7.99. The van der Waals surface area contributed by atoms with Crippen LogP contribution in [0.2, 0.25) is 0 Å². The fraction of sp³-hybridized carbons (Fsp3) is 0.357. The molecule has 0 fully saturated rings. The minimum absolute atomic E-state index is 0.0666. The predicted octanol–water partition coefficient (Wildman–Crippen LogP) is 2.71. The molecule has 1 N–H and O–H groups in total. The van der Waals surface area contributed by atoms with Crippen LogP contribution in [0.5, 0.6) is 0 Å². The summed E-state index contributed by atoms with van der Waals surface area (Å²) in [4.78, 5) is 10.5. The fourth-order valence-electron chi connectivity index (χ4n) is 2.55. The molecule has 2 aromatic rings. The van der Waals surface area contributed by atoms with E-state index in [2.05, 4.69) is 22.3 Å². The standard InChI is InChI=1S/C14H14N2O3S/c17-12(18)8-20-14-16-15-13(19-14)11-7-3-5-9-4-1-2-6-10(9)11/h1-2,4,6,11H,3,5,7-8H2,(H,17,18). The van der Waals surface area contributed by atoms with Crippen molar-refractivity contribution in [2.24, 2.45) is 0 Å². The second-order valence-electron chi connectivity index (χ2n) is 4.73. The monoisotopic (exact) mass is 290 g/mol. The summed E-state index contributed by atoms with van der Waals surface area (Å²) >= 11 is 1.05. The van der Waals surface area contributed by atoms with E-state index in [-0.39, 0.29) is 11.7 Å². The van der Waals surface area contributed by atoms with Crippen molar-refractivity contribution in [2.45, 2.75) is 30.4 Å². The molecule has 0 aliphatic heterocycles. The van der Waals surface area contributed by atoms with Gasteiger partial charge >= 0.3 is 5.97 Å². The van der Waals surface area contributed by atoms with Crippen LogP contribution in [0.4, 0.5) is 0 Å². The molecule has 0 bridgehead atoms. The maximum Gasteiger partial charge on any atom is 0.314 e. The highest BCUT2D eigenvalue weighted by Gasteiger charge is 2.26. The number of rotatable bonds is 4. The zero-order valence-corrected chi connectivity index (χ0v) is 11.6. The van der Waals surface area contributed by atoms with E-state index in [4.69, 9.17) is 9.52 Å². The molecule has 1 aliphatic rings. The van der Waals surface area contributed by atoms with Gasteiger partial charge in [-0.25, -0.2) is 0 Å². The SMILES string of the molecule is O=C(O)CSc1nnc(C2CCCc3ccccc32)o1. The molecule has 1 aliphatic carbocycles. The number of aryl methyl sites for hydroxylation is 1. The molecule has 20 heavy (non-hydrogen) atoms. The van der Waals surface area contributed by atoms with E-state index in [1.165, 1.54) is 11.1 Å². The molecule has 0 radical (unpaired) electrons. The molecule has 1 unspecified atom stereocenters. The quantitative estimate of drug-likeness (QED) is 0.872. The van der Waals surface area contributed by atoms with Crippen LogP contribution in [0.3, 0.4) is 0 Å². The first-order chi connectivity index (χ1) is 9.74. The van der Waals surface area contributed by atoms with Gasteiger partial charge in [-0.2, -0.15) is 0 Å². The van der Waals surface area contributed by atoms with Crippen LogP contribution in [0.25, 0.3) is 0 Å². The van der Waals surface area contributed by atoms with E-state index < -0.39 is 5.97 Å². The third-order valence-electron chi connectivity index (χ3n) is 3.41. The highest BCUT2D eigenvalue weighted by atomic mass is 32.2. The maximum atomic E-state index is 10.5. The fourth-order valence-corrected chi connectivity index (χ4v) is 3.04. The molecule has 1 aromatic heterocycles. The van der Waals surface area contributed by atoms with Gasteiger partial charge in [0.25, 0.3) is 5.22 Å². The average Bonchev–Trinajstić information content (AvgIpc) is 2.93. The number of carboxylic acids is 1. The Bertz CT molecular complexity index is 626. The van der Waals surface area contributed by atoms with Gasteiger partial charge in [0.15, 0.2) is 0 Å². The number of hydrogen-bond donors (Lipinski definition) is 1. The number of aliphatic carboxylic acids is 1. The Labute approximate surface area is 120 Å². The predicted molar refractivity (Wildman–Crippen MR) is 73.9 cm³/mol. The van der Waals surface area contributed by atoms with Gasteiger partial charge in [0, 0.05) is 0 Å². The number of carbonyl (C=O) groups is 1. The first kappa shape index (κ1) is 13.2. The molecular weight excluding hydrogens is 276 g/mol. The summed E-state index contributed by atoms with van der Waals surface area (Å²) < 4.78 is 5.61. The van der Waals surface area contributed by atoms with Gasteiger partial charge in [-0.3, -0.25) is 4.79 Å². The van der Waals surface area contributed by atoms with Crippen molar-refractivity contribution in [3.8, 4) is 0 Å². The van der Waals surface area contributed by atoms with E-state index in [1.54, 1.807) is 0 Å². The number of fused-ring (bicyclic) bond motifs is 1. The number of aromatic nitrogens is 2. The Morgan fingerprint density at radius 3 is 3.10 bits per heavy atom. The summed E-state index contributed by atoms with van der Waals surface area (Å²) in [6, 6.07) is 8.31. The lowest BCUT2D eigenvalue weighted by molar-refractivity contribution is -0.133.